The van der Waals surface area contributed by atoms with Crippen molar-refractivity contribution in [2.24, 2.45) is 5.92 Å². The van der Waals surface area contributed by atoms with E-state index in [1.807, 2.05) is 6.92 Å². The van der Waals surface area contributed by atoms with E-state index in [4.69, 9.17) is 5.11 Å². The van der Waals surface area contributed by atoms with Crippen LogP contribution in [0, 0.1) is 11.7 Å². The van der Waals surface area contributed by atoms with E-state index in [0.717, 1.165) is 18.9 Å². The average Bonchev–Trinajstić information content (AvgIpc) is 3.10. The monoisotopic (exact) mass is 237 g/mol. The van der Waals surface area contributed by atoms with Crippen LogP contribution < -0.4 is 0 Å². The van der Waals surface area contributed by atoms with Gasteiger partial charge in [-0.25, -0.2) is 4.39 Å². The Morgan fingerprint density at radius 3 is 2.71 bits per heavy atom. The van der Waals surface area contributed by atoms with Crippen LogP contribution in [-0.2, 0) is 0 Å². The van der Waals surface area contributed by atoms with Crippen molar-refractivity contribution in [2.75, 3.05) is 7.05 Å². The smallest absolute Gasteiger partial charge is 0.256 e. The summed E-state index contributed by atoms with van der Waals surface area (Å²) >= 11 is 0. The third-order valence-electron chi connectivity index (χ3n) is 3.42. The average molecular weight is 237 g/mol. The van der Waals surface area contributed by atoms with Gasteiger partial charge in [-0.15, -0.1) is 0 Å². The molecule has 2 rings (SSSR count). The van der Waals surface area contributed by atoms with Crippen molar-refractivity contribution in [2.45, 2.75) is 25.8 Å². The fraction of sp³-hybridized carbons (Fsp3) is 0.462. The molecule has 0 bridgehead atoms. The Labute approximate surface area is 99.9 Å². The molecule has 1 unspecified atom stereocenters. The van der Waals surface area contributed by atoms with E-state index in [1.165, 1.54) is 12.1 Å². The molecule has 1 N–H and O–H groups in total. The van der Waals surface area contributed by atoms with Gasteiger partial charge in [-0.3, -0.25) is 4.79 Å². The third kappa shape index (κ3) is 2.40. The second-order valence-electron chi connectivity index (χ2n) is 4.66. The second-order valence-corrected chi connectivity index (χ2v) is 4.66. The standard InChI is InChI=1S/C13H16FNO2/c1-8(9-3-4-9)15(2)13(17)11-6-5-10(16)7-12(11)14/h5-9,16H,3-4H2,1-2H3. The highest BCUT2D eigenvalue weighted by molar-refractivity contribution is 5.94. The third-order valence-corrected chi connectivity index (χ3v) is 3.42. The molecule has 0 heterocycles. The second kappa shape index (κ2) is 4.35. The van der Waals surface area contributed by atoms with Crippen LogP contribution in [0.1, 0.15) is 30.1 Å². The highest BCUT2D eigenvalue weighted by atomic mass is 19.1. The van der Waals surface area contributed by atoms with Crippen LogP contribution in [0.4, 0.5) is 4.39 Å². The quantitative estimate of drug-likeness (QED) is 0.877. The van der Waals surface area contributed by atoms with E-state index >= 15 is 0 Å². The minimum absolute atomic E-state index is 0.0119. The first-order valence-electron chi connectivity index (χ1n) is 5.76. The summed E-state index contributed by atoms with van der Waals surface area (Å²) < 4.78 is 13.5. The van der Waals surface area contributed by atoms with Gasteiger partial charge >= 0.3 is 0 Å². The van der Waals surface area contributed by atoms with Gasteiger partial charge in [0.25, 0.3) is 5.91 Å². The summed E-state index contributed by atoms with van der Waals surface area (Å²) in [6.07, 6.45) is 2.27. The maximum atomic E-state index is 13.5. The number of carbonyl (C=O) groups is 1. The van der Waals surface area contributed by atoms with E-state index < -0.39 is 5.82 Å². The van der Waals surface area contributed by atoms with Gasteiger partial charge in [-0.2, -0.15) is 0 Å². The minimum atomic E-state index is -0.676. The SMILES string of the molecule is CC(C1CC1)N(C)C(=O)c1ccc(O)cc1F. The normalized spacial score (nSPS) is 16.6. The molecule has 1 aromatic carbocycles. The molecule has 1 aromatic rings. The maximum Gasteiger partial charge on any atom is 0.256 e. The highest BCUT2D eigenvalue weighted by Gasteiger charge is 2.33. The lowest BCUT2D eigenvalue weighted by Crippen LogP contribution is -2.36. The largest absolute Gasteiger partial charge is 0.508 e. The Kier molecular flexibility index (Phi) is 3.05. The summed E-state index contributed by atoms with van der Waals surface area (Å²) in [4.78, 5) is 13.6. The number of amides is 1. The van der Waals surface area contributed by atoms with Crippen LogP contribution in [0.3, 0.4) is 0 Å². The summed E-state index contributed by atoms with van der Waals surface area (Å²) in [5.41, 5.74) is 0.0119. The molecule has 0 saturated heterocycles. The zero-order valence-electron chi connectivity index (χ0n) is 9.98. The zero-order valence-corrected chi connectivity index (χ0v) is 9.98. The number of hydrogen-bond donors (Lipinski definition) is 1. The highest BCUT2D eigenvalue weighted by Crippen LogP contribution is 2.35. The van der Waals surface area contributed by atoms with Crippen LogP contribution in [0.2, 0.25) is 0 Å². The van der Waals surface area contributed by atoms with E-state index in [-0.39, 0.29) is 23.3 Å². The van der Waals surface area contributed by atoms with Crippen LogP contribution >= 0.6 is 0 Å². The first-order valence-corrected chi connectivity index (χ1v) is 5.76. The maximum absolute atomic E-state index is 13.5. The van der Waals surface area contributed by atoms with Gasteiger partial charge < -0.3 is 10.0 Å². The number of rotatable bonds is 3. The van der Waals surface area contributed by atoms with E-state index in [2.05, 4.69) is 0 Å². The Bertz CT molecular complexity index is 443. The Morgan fingerprint density at radius 2 is 2.18 bits per heavy atom. The molecule has 92 valence electrons. The number of phenols is 1. The molecule has 1 amide bonds. The first-order chi connectivity index (χ1) is 8.00. The minimum Gasteiger partial charge on any atom is -0.508 e. The number of aromatic hydroxyl groups is 1. The molecule has 1 aliphatic carbocycles. The zero-order chi connectivity index (χ0) is 12.6. The summed E-state index contributed by atoms with van der Waals surface area (Å²) in [6, 6.07) is 3.74. The fourth-order valence-corrected chi connectivity index (χ4v) is 1.95. The number of benzene rings is 1. The fourth-order valence-electron chi connectivity index (χ4n) is 1.95. The van der Waals surface area contributed by atoms with Gasteiger partial charge in [0.1, 0.15) is 11.6 Å². The molecule has 17 heavy (non-hydrogen) atoms. The van der Waals surface area contributed by atoms with E-state index in [0.29, 0.717) is 5.92 Å². The van der Waals surface area contributed by atoms with Crippen molar-refractivity contribution in [3.63, 3.8) is 0 Å². The summed E-state index contributed by atoms with van der Waals surface area (Å²) in [5.74, 6) is -0.632. The number of carbonyl (C=O) groups excluding carboxylic acids is 1. The Morgan fingerprint density at radius 1 is 1.53 bits per heavy atom. The molecule has 1 atom stereocenters. The molecule has 1 aliphatic rings. The van der Waals surface area contributed by atoms with Gasteiger partial charge in [-0.05, 0) is 37.8 Å². The van der Waals surface area contributed by atoms with Gasteiger partial charge in [0, 0.05) is 19.2 Å². The lowest BCUT2D eigenvalue weighted by molar-refractivity contribution is 0.0722. The van der Waals surface area contributed by atoms with Gasteiger partial charge in [0.2, 0.25) is 0 Å². The topological polar surface area (TPSA) is 40.5 Å². The summed E-state index contributed by atoms with van der Waals surface area (Å²) in [7, 11) is 1.69. The molecular formula is C13H16FNO2. The Balaban J connectivity index is 2.18. The van der Waals surface area contributed by atoms with E-state index in [9.17, 15) is 9.18 Å². The predicted molar refractivity (Wildman–Crippen MR) is 62.3 cm³/mol. The van der Waals surface area contributed by atoms with Crippen molar-refractivity contribution in [3.05, 3.63) is 29.6 Å². The van der Waals surface area contributed by atoms with Crippen LogP contribution in [0.5, 0.6) is 5.75 Å². The Hall–Kier alpha value is -1.58. The lowest BCUT2D eigenvalue weighted by Gasteiger charge is -2.25. The molecule has 0 aliphatic heterocycles. The molecule has 0 aromatic heterocycles. The van der Waals surface area contributed by atoms with E-state index in [1.54, 1.807) is 11.9 Å². The summed E-state index contributed by atoms with van der Waals surface area (Å²) in [6.45, 7) is 1.98. The number of phenolic OH excluding ortho intramolecular Hbond substituents is 1. The number of nitrogens with zero attached hydrogens (tertiary/aromatic N) is 1. The van der Waals surface area contributed by atoms with Crippen molar-refractivity contribution in [1.29, 1.82) is 0 Å². The molecule has 0 spiro atoms. The predicted octanol–water partition coefficient (Wildman–Crippen LogP) is 2.40. The van der Waals surface area contributed by atoms with Crippen LogP contribution in [0.15, 0.2) is 18.2 Å². The van der Waals surface area contributed by atoms with Crippen LogP contribution in [0.25, 0.3) is 0 Å². The van der Waals surface area contributed by atoms with Gasteiger partial charge in [-0.1, -0.05) is 0 Å². The molecule has 0 radical (unpaired) electrons. The van der Waals surface area contributed by atoms with Crippen molar-refractivity contribution >= 4 is 5.91 Å². The molecule has 4 heteroatoms. The molecule has 3 nitrogen and oxygen atoms in total. The van der Waals surface area contributed by atoms with Crippen molar-refractivity contribution in [3.8, 4) is 5.75 Å². The summed E-state index contributed by atoms with van der Waals surface area (Å²) in [5, 5.41) is 9.10. The molecule has 1 fully saturated rings. The molecular weight excluding hydrogens is 221 g/mol. The number of hydrogen-bond acceptors (Lipinski definition) is 2. The van der Waals surface area contributed by atoms with Crippen molar-refractivity contribution < 1.29 is 14.3 Å². The first kappa shape index (κ1) is 11.9. The van der Waals surface area contributed by atoms with Gasteiger partial charge in [0.05, 0.1) is 5.56 Å². The number of halogens is 1. The van der Waals surface area contributed by atoms with Crippen molar-refractivity contribution in [1.82, 2.24) is 4.90 Å². The van der Waals surface area contributed by atoms with Crippen LogP contribution in [-0.4, -0.2) is 29.0 Å². The molecule has 1 saturated carbocycles. The lowest BCUT2D eigenvalue weighted by atomic mass is 10.1. The van der Waals surface area contributed by atoms with Gasteiger partial charge in [0.15, 0.2) is 0 Å².